The zero-order chi connectivity index (χ0) is 20.4. The average molecular weight is 411 g/mol. The first-order chi connectivity index (χ1) is 14.1. The van der Waals surface area contributed by atoms with Crippen molar-refractivity contribution in [2.45, 2.75) is 25.8 Å². The fraction of sp³-hybridized carbons (Fsp3) is 0.333. The normalized spacial score (nSPS) is 19.8. The van der Waals surface area contributed by atoms with Crippen LogP contribution in [-0.2, 0) is 11.3 Å². The van der Waals surface area contributed by atoms with Crippen LogP contribution in [-0.4, -0.2) is 40.0 Å². The summed E-state index contributed by atoms with van der Waals surface area (Å²) in [6.45, 7) is 3.30. The molecule has 8 heteroatoms. The average Bonchev–Trinajstić information content (AvgIpc) is 3.23. The first-order valence-corrected chi connectivity index (χ1v) is 10.4. The summed E-state index contributed by atoms with van der Waals surface area (Å²) < 4.78 is 10.9. The molecule has 0 spiro atoms. The number of phenolic OH excluding ortho intramolecular Hbond substituents is 1. The molecule has 0 aliphatic carbocycles. The van der Waals surface area contributed by atoms with Gasteiger partial charge in [-0.2, -0.15) is 5.26 Å². The van der Waals surface area contributed by atoms with E-state index in [4.69, 9.17) is 9.15 Å². The van der Waals surface area contributed by atoms with Gasteiger partial charge in [-0.25, -0.2) is 0 Å². The zero-order valence-corrected chi connectivity index (χ0v) is 16.8. The predicted molar refractivity (Wildman–Crippen MR) is 108 cm³/mol. The maximum Gasteiger partial charge on any atom is 0.229 e. The number of benzene rings is 1. The Bertz CT molecular complexity index is 980. The lowest BCUT2D eigenvalue weighted by atomic mass is 9.86. The van der Waals surface area contributed by atoms with Gasteiger partial charge < -0.3 is 14.3 Å². The second kappa shape index (κ2) is 8.23. The van der Waals surface area contributed by atoms with E-state index in [1.165, 1.54) is 11.8 Å². The number of hydrogen-bond acceptors (Lipinski definition) is 7. The minimum atomic E-state index is -0.345. The maximum atomic E-state index is 12.9. The first kappa shape index (κ1) is 19.4. The molecule has 1 atom stereocenters. The van der Waals surface area contributed by atoms with E-state index in [1.807, 2.05) is 19.1 Å². The number of thioether (sulfide) groups is 1. The Morgan fingerprint density at radius 1 is 1.41 bits per heavy atom. The molecule has 7 nitrogen and oxygen atoms in total. The highest BCUT2D eigenvalue weighted by atomic mass is 32.2. The molecular formula is C21H21N3O4S. The number of rotatable bonds is 5. The fourth-order valence-corrected chi connectivity index (χ4v) is 4.77. The summed E-state index contributed by atoms with van der Waals surface area (Å²) in [5, 5.41) is 20.6. The van der Waals surface area contributed by atoms with Crippen molar-refractivity contribution in [3.63, 3.8) is 0 Å². The number of nitriles is 1. The molecule has 2 aliphatic rings. The number of fused-ring (bicyclic) bond motifs is 1. The third kappa shape index (κ3) is 3.84. The van der Waals surface area contributed by atoms with E-state index in [0.717, 1.165) is 16.4 Å². The Labute approximate surface area is 173 Å². The van der Waals surface area contributed by atoms with E-state index in [1.54, 1.807) is 29.4 Å². The van der Waals surface area contributed by atoms with E-state index < -0.39 is 0 Å². The predicted octanol–water partition coefficient (Wildman–Crippen LogP) is 3.60. The summed E-state index contributed by atoms with van der Waals surface area (Å²) in [5.74, 6) is 1.55. The van der Waals surface area contributed by atoms with Gasteiger partial charge in [0.1, 0.15) is 5.76 Å². The third-order valence-corrected chi connectivity index (χ3v) is 6.20. The highest BCUT2D eigenvalue weighted by Crippen LogP contribution is 2.44. The minimum absolute atomic E-state index is 0.0216. The summed E-state index contributed by atoms with van der Waals surface area (Å²) in [7, 11) is 0. The molecule has 2 aromatic rings. The third-order valence-electron chi connectivity index (χ3n) is 5.00. The topological polar surface area (TPSA) is 89.9 Å². The molecular weight excluding hydrogens is 390 g/mol. The van der Waals surface area contributed by atoms with Crippen LogP contribution in [0, 0.1) is 11.3 Å². The molecule has 0 saturated carbocycles. The molecule has 1 saturated heterocycles. The number of hydrogen-bond donors (Lipinski definition) is 1. The van der Waals surface area contributed by atoms with Crippen LogP contribution < -0.4 is 4.74 Å². The van der Waals surface area contributed by atoms with Crippen molar-refractivity contribution in [2.75, 3.05) is 19.2 Å². The van der Waals surface area contributed by atoms with Gasteiger partial charge in [-0.3, -0.25) is 14.6 Å². The molecule has 0 bridgehead atoms. The number of phenols is 1. The van der Waals surface area contributed by atoms with Gasteiger partial charge in [0.05, 0.1) is 48.6 Å². The Morgan fingerprint density at radius 3 is 3.00 bits per heavy atom. The van der Waals surface area contributed by atoms with Gasteiger partial charge in [-0.05, 0) is 36.8 Å². The Hall–Kier alpha value is -2.89. The number of allylic oxidation sites excluding steroid dienone is 1. The van der Waals surface area contributed by atoms with Gasteiger partial charge >= 0.3 is 0 Å². The van der Waals surface area contributed by atoms with Gasteiger partial charge in [0.25, 0.3) is 0 Å². The maximum absolute atomic E-state index is 12.9. The molecule has 0 unspecified atom stereocenters. The Kier molecular flexibility index (Phi) is 5.51. The second-order valence-electron chi connectivity index (χ2n) is 6.89. The SMILES string of the molecule is CCOc1cc([C@@H]2CC(=O)N3CN(Cc4ccco4)CSC3=C2C#N)ccc1O. The number of nitrogens with zero attached hydrogens (tertiary/aromatic N) is 3. The van der Waals surface area contributed by atoms with Crippen molar-refractivity contribution in [3.8, 4) is 17.6 Å². The lowest BCUT2D eigenvalue weighted by Gasteiger charge is -2.41. The number of amides is 1. The number of aromatic hydroxyl groups is 1. The van der Waals surface area contributed by atoms with Crippen LogP contribution in [0.4, 0.5) is 0 Å². The highest BCUT2D eigenvalue weighted by Gasteiger charge is 2.38. The number of carbonyl (C=O) groups is 1. The monoisotopic (exact) mass is 411 g/mol. The molecule has 150 valence electrons. The van der Waals surface area contributed by atoms with Crippen LogP contribution in [0.15, 0.2) is 51.6 Å². The van der Waals surface area contributed by atoms with Crippen molar-refractivity contribution in [3.05, 3.63) is 58.5 Å². The first-order valence-electron chi connectivity index (χ1n) is 9.38. The van der Waals surface area contributed by atoms with Gasteiger partial charge in [-0.15, -0.1) is 0 Å². The van der Waals surface area contributed by atoms with Crippen molar-refractivity contribution >= 4 is 17.7 Å². The van der Waals surface area contributed by atoms with E-state index >= 15 is 0 Å². The quantitative estimate of drug-likeness (QED) is 0.804. The molecule has 0 radical (unpaired) electrons. The van der Waals surface area contributed by atoms with E-state index in [9.17, 15) is 15.2 Å². The van der Waals surface area contributed by atoms with Crippen LogP contribution in [0.1, 0.15) is 30.6 Å². The van der Waals surface area contributed by atoms with Crippen molar-refractivity contribution in [1.82, 2.24) is 9.80 Å². The van der Waals surface area contributed by atoms with Crippen LogP contribution >= 0.6 is 11.8 Å². The molecule has 29 heavy (non-hydrogen) atoms. The molecule has 1 aromatic carbocycles. The van der Waals surface area contributed by atoms with Crippen LogP contribution in [0.2, 0.25) is 0 Å². The van der Waals surface area contributed by atoms with Gasteiger partial charge in [0, 0.05) is 12.3 Å². The highest BCUT2D eigenvalue weighted by molar-refractivity contribution is 8.03. The lowest BCUT2D eigenvalue weighted by molar-refractivity contribution is -0.132. The van der Waals surface area contributed by atoms with Crippen molar-refractivity contribution in [1.29, 1.82) is 5.26 Å². The van der Waals surface area contributed by atoms with Crippen LogP contribution in [0.5, 0.6) is 11.5 Å². The standard InChI is InChI=1S/C21H21N3O4S/c1-2-27-19-8-14(5-6-18(19)25)16-9-20(26)24-12-23(11-15-4-3-7-28-15)13-29-21(24)17(16)10-22/h3-8,16,25H,2,9,11-13H2,1H3/t16-/m0/s1. The second-order valence-corrected chi connectivity index (χ2v) is 7.83. The van der Waals surface area contributed by atoms with Crippen molar-refractivity contribution < 1.29 is 19.1 Å². The van der Waals surface area contributed by atoms with E-state index in [-0.39, 0.29) is 24.0 Å². The lowest BCUT2D eigenvalue weighted by Crippen LogP contribution is -2.46. The largest absolute Gasteiger partial charge is 0.504 e. The summed E-state index contributed by atoms with van der Waals surface area (Å²) in [5.41, 5.74) is 1.38. The molecule has 1 fully saturated rings. The molecule has 2 aliphatic heterocycles. The summed E-state index contributed by atoms with van der Waals surface area (Å²) in [6, 6.07) is 11.1. The number of carbonyl (C=O) groups excluding carboxylic acids is 1. The summed E-state index contributed by atoms with van der Waals surface area (Å²) >= 11 is 1.50. The van der Waals surface area contributed by atoms with Crippen molar-refractivity contribution in [2.24, 2.45) is 0 Å². The van der Waals surface area contributed by atoms with Gasteiger partial charge in [-0.1, -0.05) is 17.8 Å². The van der Waals surface area contributed by atoms with Gasteiger partial charge in [0.15, 0.2) is 11.5 Å². The minimum Gasteiger partial charge on any atom is -0.504 e. The van der Waals surface area contributed by atoms with Crippen LogP contribution in [0.3, 0.4) is 0 Å². The molecule has 1 N–H and O–H groups in total. The fourth-order valence-electron chi connectivity index (χ4n) is 3.63. The molecule has 4 rings (SSSR count). The Morgan fingerprint density at radius 2 is 2.28 bits per heavy atom. The zero-order valence-electron chi connectivity index (χ0n) is 16.0. The van der Waals surface area contributed by atoms with Gasteiger partial charge in [0.2, 0.25) is 5.91 Å². The van der Waals surface area contributed by atoms with E-state index in [0.29, 0.717) is 37.0 Å². The van der Waals surface area contributed by atoms with Crippen LogP contribution in [0.25, 0.3) is 0 Å². The van der Waals surface area contributed by atoms with E-state index in [2.05, 4.69) is 11.0 Å². The Balaban J connectivity index is 1.61. The number of ether oxygens (including phenoxy) is 1. The summed E-state index contributed by atoms with van der Waals surface area (Å²) in [4.78, 5) is 16.7. The molecule has 3 heterocycles. The summed E-state index contributed by atoms with van der Waals surface area (Å²) in [6.07, 6.45) is 1.84. The molecule has 1 aromatic heterocycles. The number of furan rings is 1. The smallest absolute Gasteiger partial charge is 0.229 e. The molecule has 1 amide bonds.